The Bertz CT molecular complexity index is 589. The van der Waals surface area contributed by atoms with Crippen LogP contribution in [0.3, 0.4) is 0 Å². The first kappa shape index (κ1) is 18.1. The van der Waals surface area contributed by atoms with Crippen LogP contribution < -0.4 is 4.74 Å². The molecule has 0 fully saturated rings. The summed E-state index contributed by atoms with van der Waals surface area (Å²) in [5.74, 6) is 0.901. The predicted octanol–water partition coefficient (Wildman–Crippen LogP) is 6.49. The summed E-state index contributed by atoms with van der Waals surface area (Å²) in [5.41, 5.74) is 2.08. The Kier molecular flexibility index (Phi) is 6.94. The van der Waals surface area contributed by atoms with Crippen molar-refractivity contribution in [3.8, 4) is 5.75 Å². The van der Waals surface area contributed by atoms with Crippen LogP contribution in [0, 0.1) is 0 Å². The van der Waals surface area contributed by atoms with Crippen molar-refractivity contribution in [2.45, 2.75) is 26.4 Å². The highest BCUT2D eigenvalue weighted by Gasteiger charge is 2.10. The van der Waals surface area contributed by atoms with E-state index in [4.69, 9.17) is 16.3 Å². The summed E-state index contributed by atoms with van der Waals surface area (Å²) >= 11 is 5.63. The highest BCUT2D eigenvalue weighted by atomic mass is 35.5. The van der Waals surface area contributed by atoms with Crippen LogP contribution in [-0.4, -0.2) is 5.60 Å². The first-order chi connectivity index (χ1) is 10.3. The van der Waals surface area contributed by atoms with Crippen LogP contribution >= 0.6 is 11.6 Å². The van der Waals surface area contributed by atoms with Crippen LogP contribution in [0.2, 0.25) is 5.02 Å². The van der Waals surface area contributed by atoms with E-state index in [0.717, 1.165) is 21.9 Å². The lowest BCUT2D eigenvalue weighted by atomic mass is 10.2. The van der Waals surface area contributed by atoms with E-state index in [1.807, 2.05) is 75.4 Å². The number of halogens is 1. The van der Waals surface area contributed by atoms with E-state index in [9.17, 15) is 0 Å². The minimum absolute atomic E-state index is 0.129. The molecule has 2 rings (SSSR count). The SMILES string of the molecule is C=Cc1ccc(Cl)cc1.C=Cc1ccc(OC(C)(C)C)cc1. The van der Waals surface area contributed by atoms with Gasteiger partial charge in [-0.25, -0.2) is 0 Å². The van der Waals surface area contributed by atoms with E-state index in [1.165, 1.54) is 0 Å². The summed E-state index contributed by atoms with van der Waals surface area (Å²) < 4.78 is 5.67. The molecular weight excluding hydrogens is 292 g/mol. The molecule has 0 bridgehead atoms. The van der Waals surface area contributed by atoms with Gasteiger partial charge in [0.25, 0.3) is 0 Å². The van der Waals surface area contributed by atoms with Crippen LogP contribution in [0.4, 0.5) is 0 Å². The average Bonchev–Trinajstić information content (AvgIpc) is 2.48. The predicted molar refractivity (Wildman–Crippen MR) is 98.5 cm³/mol. The van der Waals surface area contributed by atoms with Gasteiger partial charge in [-0.2, -0.15) is 0 Å². The molecule has 0 N–H and O–H groups in total. The summed E-state index contributed by atoms with van der Waals surface area (Å²) in [6, 6.07) is 15.5. The highest BCUT2D eigenvalue weighted by molar-refractivity contribution is 6.30. The number of rotatable bonds is 3. The lowest BCUT2D eigenvalue weighted by Crippen LogP contribution is -2.22. The molecule has 0 aromatic heterocycles. The molecule has 0 radical (unpaired) electrons. The molecule has 0 amide bonds. The Labute approximate surface area is 138 Å². The molecule has 0 aliphatic rings. The third-order valence-corrected chi connectivity index (χ3v) is 2.90. The van der Waals surface area contributed by atoms with Gasteiger partial charge in [0.05, 0.1) is 0 Å². The second-order valence-corrected chi connectivity index (χ2v) is 6.18. The summed E-state index contributed by atoms with van der Waals surface area (Å²) in [5, 5.41) is 0.764. The Hall–Kier alpha value is -1.99. The minimum Gasteiger partial charge on any atom is -0.488 e. The molecule has 2 aromatic rings. The van der Waals surface area contributed by atoms with E-state index in [1.54, 1.807) is 6.08 Å². The largest absolute Gasteiger partial charge is 0.488 e. The molecule has 2 aromatic carbocycles. The van der Waals surface area contributed by atoms with Gasteiger partial charge in [0.15, 0.2) is 0 Å². The van der Waals surface area contributed by atoms with Gasteiger partial charge < -0.3 is 4.74 Å². The molecule has 0 saturated carbocycles. The van der Waals surface area contributed by atoms with Gasteiger partial charge in [-0.05, 0) is 56.2 Å². The lowest BCUT2D eigenvalue weighted by molar-refractivity contribution is 0.131. The maximum Gasteiger partial charge on any atom is 0.120 e. The van der Waals surface area contributed by atoms with Crippen molar-refractivity contribution < 1.29 is 4.74 Å². The fourth-order valence-corrected chi connectivity index (χ4v) is 1.75. The summed E-state index contributed by atoms with van der Waals surface area (Å²) in [6.45, 7) is 13.4. The van der Waals surface area contributed by atoms with E-state index >= 15 is 0 Å². The van der Waals surface area contributed by atoms with Crippen LogP contribution in [0.5, 0.6) is 5.75 Å². The standard InChI is InChI=1S/C12H16O.C8H7Cl/c1-5-10-6-8-11(9-7-10)13-12(2,3)4;1-2-7-3-5-8(9)6-4-7/h5-9H,1H2,2-4H3;2-6H,1H2. The third-order valence-electron chi connectivity index (χ3n) is 2.65. The van der Waals surface area contributed by atoms with Crippen molar-refractivity contribution in [2.75, 3.05) is 0 Å². The van der Waals surface area contributed by atoms with E-state index < -0.39 is 0 Å². The first-order valence-electron chi connectivity index (χ1n) is 7.13. The lowest BCUT2D eigenvalue weighted by Gasteiger charge is -2.21. The second-order valence-electron chi connectivity index (χ2n) is 5.74. The monoisotopic (exact) mass is 314 g/mol. The fraction of sp³-hybridized carbons (Fsp3) is 0.200. The van der Waals surface area contributed by atoms with Crippen molar-refractivity contribution in [1.82, 2.24) is 0 Å². The molecule has 1 nitrogen and oxygen atoms in total. The number of hydrogen-bond acceptors (Lipinski definition) is 1. The molecule has 0 atom stereocenters. The topological polar surface area (TPSA) is 9.23 Å². The molecule has 116 valence electrons. The fourth-order valence-electron chi connectivity index (χ4n) is 1.62. The molecule has 0 aliphatic heterocycles. The summed E-state index contributed by atoms with van der Waals surface area (Å²) in [4.78, 5) is 0. The molecule has 22 heavy (non-hydrogen) atoms. The zero-order valence-corrected chi connectivity index (χ0v) is 14.2. The van der Waals surface area contributed by atoms with Crippen molar-refractivity contribution in [3.63, 3.8) is 0 Å². The van der Waals surface area contributed by atoms with Gasteiger partial charge in [0.1, 0.15) is 11.4 Å². The highest BCUT2D eigenvalue weighted by Crippen LogP contribution is 2.18. The van der Waals surface area contributed by atoms with Crippen LogP contribution in [0.1, 0.15) is 31.9 Å². The van der Waals surface area contributed by atoms with Crippen molar-refractivity contribution in [3.05, 3.63) is 77.8 Å². The molecule has 0 saturated heterocycles. The average molecular weight is 315 g/mol. The maximum atomic E-state index is 5.67. The summed E-state index contributed by atoms with van der Waals surface area (Å²) in [6.07, 6.45) is 3.61. The zero-order chi connectivity index (χ0) is 16.6. The molecule has 0 spiro atoms. The van der Waals surface area contributed by atoms with Crippen molar-refractivity contribution in [1.29, 1.82) is 0 Å². The van der Waals surface area contributed by atoms with Gasteiger partial charge in [-0.1, -0.05) is 61.2 Å². The van der Waals surface area contributed by atoms with Crippen molar-refractivity contribution >= 4 is 23.8 Å². The van der Waals surface area contributed by atoms with E-state index in [-0.39, 0.29) is 5.60 Å². The number of hydrogen-bond donors (Lipinski definition) is 0. The van der Waals surface area contributed by atoms with Gasteiger partial charge in [0.2, 0.25) is 0 Å². The minimum atomic E-state index is -0.129. The zero-order valence-electron chi connectivity index (χ0n) is 13.5. The molecule has 0 unspecified atom stereocenters. The van der Waals surface area contributed by atoms with Crippen LogP contribution in [0.15, 0.2) is 61.7 Å². The molecule has 2 heteroatoms. The first-order valence-corrected chi connectivity index (χ1v) is 7.51. The van der Waals surface area contributed by atoms with E-state index in [2.05, 4.69) is 13.2 Å². The Morgan fingerprint density at radius 3 is 1.59 bits per heavy atom. The van der Waals surface area contributed by atoms with Crippen molar-refractivity contribution in [2.24, 2.45) is 0 Å². The van der Waals surface area contributed by atoms with E-state index in [0.29, 0.717) is 0 Å². The Morgan fingerprint density at radius 1 is 0.818 bits per heavy atom. The second kappa shape index (κ2) is 8.45. The smallest absolute Gasteiger partial charge is 0.120 e. The normalized spacial score (nSPS) is 10.2. The summed E-state index contributed by atoms with van der Waals surface area (Å²) in [7, 11) is 0. The van der Waals surface area contributed by atoms with Crippen LogP contribution in [-0.2, 0) is 0 Å². The van der Waals surface area contributed by atoms with Gasteiger partial charge in [-0.3, -0.25) is 0 Å². The van der Waals surface area contributed by atoms with Gasteiger partial charge in [-0.15, -0.1) is 0 Å². The Balaban J connectivity index is 0.000000235. The maximum absolute atomic E-state index is 5.67. The third kappa shape index (κ3) is 7.14. The van der Waals surface area contributed by atoms with Gasteiger partial charge >= 0.3 is 0 Å². The number of ether oxygens (including phenoxy) is 1. The number of benzene rings is 2. The molecule has 0 heterocycles. The quantitative estimate of drug-likeness (QED) is 0.629. The molecular formula is C20H23ClO. The Morgan fingerprint density at radius 2 is 1.23 bits per heavy atom. The van der Waals surface area contributed by atoms with Crippen LogP contribution in [0.25, 0.3) is 12.2 Å². The molecule has 0 aliphatic carbocycles. The van der Waals surface area contributed by atoms with Gasteiger partial charge in [0, 0.05) is 5.02 Å².